The van der Waals surface area contributed by atoms with Crippen LogP contribution >= 0.6 is 34.4 Å². The van der Waals surface area contributed by atoms with E-state index in [1.807, 2.05) is 13.0 Å². The van der Waals surface area contributed by atoms with Gasteiger partial charge in [-0.1, -0.05) is 6.07 Å². The Bertz CT molecular complexity index is 575. The van der Waals surface area contributed by atoms with Crippen LogP contribution in [0.3, 0.4) is 0 Å². The number of thioether (sulfide) groups is 1. The summed E-state index contributed by atoms with van der Waals surface area (Å²) in [5, 5.41) is 8.26. The van der Waals surface area contributed by atoms with Gasteiger partial charge in [-0.15, -0.1) is 34.4 Å². The summed E-state index contributed by atoms with van der Waals surface area (Å²) < 4.78 is 0. The molecule has 1 saturated carbocycles. The van der Waals surface area contributed by atoms with Gasteiger partial charge in [-0.3, -0.25) is 4.79 Å². The van der Waals surface area contributed by atoms with Crippen molar-refractivity contribution in [3.8, 4) is 9.88 Å². The molecule has 1 fully saturated rings. The van der Waals surface area contributed by atoms with Crippen molar-refractivity contribution in [2.24, 2.45) is 0 Å². The molecule has 2 aromatic rings. The molecule has 1 amide bonds. The zero-order valence-corrected chi connectivity index (χ0v) is 13.6. The topological polar surface area (TPSA) is 42.0 Å². The minimum atomic E-state index is -0.0116. The molecule has 2 aromatic heterocycles. The second-order valence-electron chi connectivity index (χ2n) is 4.86. The minimum absolute atomic E-state index is 0.0116. The standard InChI is InChI=1S/C14H16N2OS3/c1-9(13(17)15-10-4-5-10)19-7-11-8-20-14(16-11)12-3-2-6-18-12/h2-3,6,8-10H,4-5,7H2,1H3,(H,15,17)/t9-/m1/s1. The van der Waals surface area contributed by atoms with E-state index in [1.54, 1.807) is 34.4 Å². The lowest BCUT2D eigenvalue weighted by molar-refractivity contribution is -0.120. The van der Waals surface area contributed by atoms with Crippen molar-refractivity contribution in [3.05, 3.63) is 28.6 Å². The number of nitrogens with zero attached hydrogens (tertiary/aromatic N) is 1. The maximum atomic E-state index is 11.9. The lowest BCUT2D eigenvalue weighted by atomic mass is 10.4. The molecule has 3 nitrogen and oxygen atoms in total. The van der Waals surface area contributed by atoms with Gasteiger partial charge in [-0.25, -0.2) is 4.98 Å². The first-order chi connectivity index (χ1) is 9.72. The third kappa shape index (κ3) is 3.62. The van der Waals surface area contributed by atoms with E-state index in [9.17, 15) is 4.79 Å². The number of amides is 1. The van der Waals surface area contributed by atoms with Crippen LogP contribution in [0.25, 0.3) is 9.88 Å². The van der Waals surface area contributed by atoms with Gasteiger partial charge < -0.3 is 5.32 Å². The van der Waals surface area contributed by atoms with Crippen molar-refractivity contribution in [2.45, 2.75) is 36.8 Å². The van der Waals surface area contributed by atoms with E-state index in [-0.39, 0.29) is 11.2 Å². The molecule has 0 spiro atoms. The van der Waals surface area contributed by atoms with Crippen molar-refractivity contribution in [1.82, 2.24) is 10.3 Å². The normalized spacial score (nSPS) is 16.1. The summed E-state index contributed by atoms with van der Waals surface area (Å²) in [4.78, 5) is 17.7. The summed E-state index contributed by atoms with van der Waals surface area (Å²) in [6.07, 6.45) is 2.28. The van der Waals surface area contributed by atoms with E-state index >= 15 is 0 Å². The van der Waals surface area contributed by atoms with Crippen molar-refractivity contribution in [1.29, 1.82) is 0 Å². The van der Waals surface area contributed by atoms with E-state index in [0.29, 0.717) is 6.04 Å². The molecule has 0 bridgehead atoms. The predicted octanol–water partition coefficient (Wildman–Crippen LogP) is 3.77. The molecule has 106 valence electrons. The molecular formula is C14H16N2OS3. The fraction of sp³-hybridized carbons (Fsp3) is 0.429. The molecular weight excluding hydrogens is 308 g/mol. The second-order valence-corrected chi connectivity index (χ2v) is 7.99. The Hall–Kier alpha value is -0.850. The highest BCUT2D eigenvalue weighted by molar-refractivity contribution is 7.99. The molecule has 1 aliphatic carbocycles. The van der Waals surface area contributed by atoms with E-state index in [1.165, 1.54) is 4.88 Å². The Morgan fingerprint density at radius 2 is 2.40 bits per heavy atom. The highest BCUT2D eigenvalue weighted by Crippen LogP contribution is 2.29. The lowest BCUT2D eigenvalue weighted by Gasteiger charge is -2.10. The third-order valence-electron chi connectivity index (χ3n) is 3.06. The summed E-state index contributed by atoms with van der Waals surface area (Å²) in [7, 11) is 0. The van der Waals surface area contributed by atoms with Gasteiger partial charge in [0, 0.05) is 17.2 Å². The molecule has 20 heavy (non-hydrogen) atoms. The van der Waals surface area contributed by atoms with Gasteiger partial charge in [0.15, 0.2) is 0 Å². The fourth-order valence-electron chi connectivity index (χ4n) is 1.72. The first kappa shape index (κ1) is 14.1. The zero-order valence-electron chi connectivity index (χ0n) is 11.2. The van der Waals surface area contributed by atoms with Crippen LogP contribution in [0, 0.1) is 0 Å². The third-order valence-corrected chi connectivity index (χ3v) is 6.16. The van der Waals surface area contributed by atoms with Crippen molar-refractivity contribution in [2.75, 3.05) is 0 Å². The highest BCUT2D eigenvalue weighted by atomic mass is 32.2. The Labute approximate surface area is 130 Å². The second kappa shape index (κ2) is 6.28. The summed E-state index contributed by atoms with van der Waals surface area (Å²) >= 11 is 5.04. The Balaban J connectivity index is 1.51. The number of hydrogen-bond donors (Lipinski definition) is 1. The van der Waals surface area contributed by atoms with Gasteiger partial charge >= 0.3 is 0 Å². The van der Waals surface area contributed by atoms with E-state index in [0.717, 1.165) is 29.3 Å². The molecule has 6 heteroatoms. The summed E-state index contributed by atoms with van der Waals surface area (Å²) in [5.41, 5.74) is 1.06. The average Bonchev–Trinajstić information content (AvgIpc) is 2.97. The number of carbonyl (C=O) groups excluding carboxylic acids is 1. The number of rotatable bonds is 6. The smallest absolute Gasteiger partial charge is 0.233 e. The van der Waals surface area contributed by atoms with Gasteiger partial charge in [0.25, 0.3) is 0 Å². The van der Waals surface area contributed by atoms with Crippen molar-refractivity contribution < 1.29 is 4.79 Å². The largest absolute Gasteiger partial charge is 0.352 e. The zero-order chi connectivity index (χ0) is 13.9. The van der Waals surface area contributed by atoms with Gasteiger partial charge in [-0.2, -0.15) is 0 Å². The molecule has 0 aromatic carbocycles. The maximum Gasteiger partial charge on any atom is 0.233 e. The maximum absolute atomic E-state index is 11.9. The Kier molecular flexibility index (Phi) is 4.43. The number of thiophene rings is 1. The van der Waals surface area contributed by atoms with Gasteiger partial charge in [0.1, 0.15) is 5.01 Å². The number of thiazole rings is 1. The van der Waals surface area contributed by atoms with Gasteiger partial charge in [0.2, 0.25) is 5.91 Å². The number of nitrogens with one attached hydrogen (secondary N) is 1. The van der Waals surface area contributed by atoms with Crippen molar-refractivity contribution >= 4 is 40.3 Å². The average molecular weight is 324 g/mol. The monoisotopic (exact) mass is 324 g/mol. The van der Waals surface area contributed by atoms with E-state index in [4.69, 9.17) is 0 Å². The number of carbonyl (C=O) groups is 1. The van der Waals surface area contributed by atoms with E-state index in [2.05, 4.69) is 27.1 Å². The van der Waals surface area contributed by atoms with Crippen molar-refractivity contribution in [3.63, 3.8) is 0 Å². The molecule has 0 unspecified atom stereocenters. The highest BCUT2D eigenvalue weighted by Gasteiger charge is 2.25. The quantitative estimate of drug-likeness (QED) is 0.879. The molecule has 0 saturated heterocycles. The molecule has 0 aliphatic heterocycles. The van der Waals surface area contributed by atoms with E-state index < -0.39 is 0 Å². The molecule has 1 N–H and O–H groups in total. The van der Waals surface area contributed by atoms with Crippen LogP contribution in [0.4, 0.5) is 0 Å². The van der Waals surface area contributed by atoms with Crippen LogP contribution < -0.4 is 5.32 Å². The number of hydrogen-bond acceptors (Lipinski definition) is 5. The molecule has 1 aliphatic rings. The predicted molar refractivity (Wildman–Crippen MR) is 87.3 cm³/mol. The van der Waals surface area contributed by atoms with Crippen LogP contribution in [0.15, 0.2) is 22.9 Å². The summed E-state index contributed by atoms with van der Waals surface area (Å²) in [5.74, 6) is 0.951. The SMILES string of the molecule is C[C@@H](SCc1csc(-c2cccs2)n1)C(=O)NC1CC1. The van der Waals surface area contributed by atoms with Crippen LogP contribution in [-0.2, 0) is 10.5 Å². The summed E-state index contributed by atoms with van der Waals surface area (Å²) in [6, 6.07) is 4.57. The lowest BCUT2D eigenvalue weighted by Crippen LogP contribution is -2.32. The Morgan fingerprint density at radius 1 is 1.55 bits per heavy atom. The number of aromatic nitrogens is 1. The fourth-order valence-corrected chi connectivity index (χ4v) is 4.25. The first-order valence-electron chi connectivity index (χ1n) is 6.62. The minimum Gasteiger partial charge on any atom is -0.352 e. The van der Waals surface area contributed by atoms with Crippen LogP contribution in [0.5, 0.6) is 0 Å². The van der Waals surface area contributed by atoms with Gasteiger partial charge in [-0.05, 0) is 31.2 Å². The molecule has 0 radical (unpaired) electrons. The van der Waals surface area contributed by atoms with Gasteiger partial charge in [0.05, 0.1) is 15.8 Å². The van der Waals surface area contributed by atoms with Crippen LogP contribution in [-0.4, -0.2) is 22.2 Å². The Morgan fingerprint density at radius 3 is 3.10 bits per heavy atom. The first-order valence-corrected chi connectivity index (χ1v) is 9.43. The molecule has 1 atom stereocenters. The molecule has 2 heterocycles. The van der Waals surface area contributed by atoms with Crippen LogP contribution in [0.2, 0.25) is 0 Å². The summed E-state index contributed by atoms with van der Waals surface area (Å²) in [6.45, 7) is 1.97. The molecule has 3 rings (SSSR count). The van der Waals surface area contributed by atoms with Crippen LogP contribution in [0.1, 0.15) is 25.5 Å².